The van der Waals surface area contributed by atoms with Gasteiger partial charge in [0.05, 0.1) is 11.3 Å². The van der Waals surface area contributed by atoms with Crippen LogP contribution < -0.4 is 4.90 Å². The van der Waals surface area contributed by atoms with Crippen LogP contribution in [0, 0.1) is 6.92 Å². The van der Waals surface area contributed by atoms with Crippen molar-refractivity contribution in [2.75, 3.05) is 31.1 Å². The van der Waals surface area contributed by atoms with Gasteiger partial charge in [0.1, 0.15) is 0 Å². The van der Waals surface area contributed by atoms with Crippen molar-refractivity contribution in [2.45, 2.75) is 6.92 Å². The molecule has 1 aromatic heterocycles. The summed E-state index contributed by atoms with van der Waals surface area (Å²) in [7, 11) is 0. The maximum Gasteiger partial charge on any atom is 0.255 e. The summed E-state index contributed by atoms with van der Waals surface area (Å²) in [6.07, 6.45) is 3.31. The number of amides is 1. The van der Waals surface area contributed by atoms with Crippen molar-refractivity contribution in [3.63, 3.8) is 0 Å². The highest BCUT2D eigenvalue weighted by Crippen LogP contribution is 2.28. The van der Waals surface area contributed by atoms with Gasteiger partial charge in [-0.2, -0.15) is 0 Å². The van der Waals surface area contributed by atoms with E-state index in [1.807, 2.05) is 11.0 Å². The number of piperazine rings is 1. The number of carbonyl (C=O) groups is 1. The summed E-state index contributed by atoms with van der Waals surface area (Å²) in [5.41, 5.74) is 3.09. The van der Waals surface area contributed by atoms with E-state index < -0.39 is 0 Å². The molecule has 1 fully saturated rings. The number of pyridine rings is 1. The van der Waals surface area contributed by atoms with Gasteiger partial charge in [-0.25, -0.2) is 0 Å². The molecule has 0 atom stereocenters. The van der Waals surface area contributed by atoms with E-state index in [4.69, 9.17) is 0 Å². The van der Waals surface area contributed by atoms with Crippen LogP contribution >= 0.6 is 15.9 Å². The van der Waals surface area contributed by atoms with E-state index >= 15 is 0 Å². The van der Waals surface area contributed by atoms with Crippen LogP contribution in [-0.2, 0) is 0 Å². The Balaban J connectivity index is 1.66. The standard InChI is InChI=1S/C17H18BrN3O/c1-13-4-5-16(15(18)11-13)20-7-9-21(10-8-20)17(22)14-3-2-6-19-12-14/h2-6,11-12H,7-10H2,1H3. The van der Waals surface area contributed by atoms with E-state index in [0.717, 1.165) is 30.7 Å². The number of aromatic nitrogens is 1. The summed E-state index contributed by atoms with van der Waals surface area (Å²) in [4.78, 5) is 20.6. The van der Waals surface area contributed by atoms with Crippen LogP contribution in [0.1, 0.15) is 15.9 Å². The molecule has 1 aliphatic rings. The second kappa shape index (κ2) is 6.48. The van der Waals surface area contributed by atoms with E-state index in [1.54, 1.807) is 18.5 Å². The average molecular weight is 360 g/mol. The zero-order chi connectivity index (χ0) is 15.5. The number of anilines is 1. The van der Waals surface area contributed by atoms with Crippen LogP contribution in [0.25, 0.3) is 0 Å². The molecule has 0 bridgehead atoms. The van der Waals surface area contributed by atoms with Gasteiger partial charge in [0, 0.05) is 43.0 Å². The van der Waals surface area contributed by atoms with Gasteiger partial charge in [-0.1, -0.05) is 6.07 Å². The molecule has 0 aliphatic carbocycles. The van der Waals surface area contributed by atoms with Crippen LogP contribution in [0.3, 0.4) is 0 Å². The quantitative estimate of drug-likeness (QED) is 0.826. The Morgan fingerprint density at radius 2 is 1.95 bits per heavy atom. The summed E-state index contributed by atoms with van der Waals surface area (Å²) in [5, 5.41) is 0. The molecule has 0 saturated carbocycles. The molecular formula is C17H18BrN3O. The SMILES string of the molecule is Cc1ccc(N2CCN(C(=O)c3cccnc3)CC2)c(Br)c1. The number of rotatable bonds is 2. The molecule has 1 aliphatic heterocycles. The minimum absolute atomic E-state index is 0.0655. The topological polar surface area (TPSA) is 36.4 Å². The Labute approximate surface area is 138 Å². The van der Waals surface area contributed by atoms with E-state index in [0.29, 0.717) is 5.56 Å². The van der Waals surface area contributed by atoms with Gasteiger partial charge >= 0.3 is 0 Å². The van der Waals surface area contributed by atoms with E-state index in [2.05, 4.69) is 50.9 Å². The van der Waals surface area contributed by atoms with Crippen LogP contribution in [0.15, 0.2) is 47.2 Å². The second-order valence-corrected chi connectivity index (χ2v) is 6.33. The van der Waals surface area contributed by atoms with Crippen LogP contribution in [0.5, 0.6) is 0 Å². The second-order valence-electron chi connectivity index (χ2n) is 5.48. The lowest BCUT2D eigenvalue weighted by molar-refractivity contribution is 0.0746. The third-order valence-electron chi connectivity index (χ3n) is 3.92. The van der Waals surface area contributed by atoms with E-state index in [-0.39, 0.29) is 5.91 Å². The van der Waals surface area contributed by atoms with Gasteiger partial charge < -0.3 is 9.80 Å². The molecular weight excluding hydrogens is 342 g/mol. The predicted molar refractivity (Wildman–Crippen MR) is 91.2 cm³/mol. The molecule has 1 aromatic carbocycles. The summed E-state index contributed by atoms with van der Waals surface area (Å²) in [5.74, 6) is 0.0655. The molecule has 0 unspecified atom stereocenters. The number of benzene rings is 1. The summed E-state index contributed by atoms with van der Waals surface area (Å²) >= 11 is 3.63. The molecule has 1 saturated heterocycles. The van der Waals surface area contributed by atoms with Gasteiger partial charge in [0.2, 0.25) is 0 Å². The summed E-state index contributed by atoms with van der Waals surface area (Å²) in [6, 6.07) is 10.00. The van der Waals surface area contributed by atoms with Gasteiger partial charge in [-0.05, 0) is 52.7 Å². The molecule has 0 N–H and O–H groups in total. The van der Waals surface area contributed by atoms with Gasteiger partial charge in [-0.3, -0.25) is 9.78 Å². The van der Waals surface area contributed by atoms with Gasteiger partial charge in [-0.15, -0.1) is 0 Å². The van der Waals surface area contributed by atoms with E-state index in [1.165, 1.54) is 11.3 Å². The first-order chi connectivity index (χ1) is 10.6. The number of hydrogen-bond acceptors (Lipinski definition) is 3. The van der Waals surface area contributed by atoms with Crippen molar-refractivity contribution in [1.82, 2.24) is 9.88 Å². The lowest BCUT2D eigenvalue weighted by atomic mass is 10.2. The predicted octanol–water partition coefficient (Wildman–Crippen LogP) is 3.11. The molecule has 3 rings (SSSR count). The third kappa shape index (κ3) is 3.14. The molecule has 1 amide bonds. The fourth-order valence-electron chi connectivity index (χ4n) is 2.69. The van der Waals surface area contributed by atoms with Crippen LogP contribution in [0.2, 0.25) is 0 Å². The minimum atomic E-state index is 0.0655. The monoisotopic (exact) mass is 359 g/mol. The third-order valence-corrected chi connectivity index (χ3v) is 4.55. The minimum Gasteiger partial charge on any atom is -0.367 e. The van der Waals surface area contributed by atoms with Crippen LogP contribution in [0.4, 0.5) is 5.69 Å². The molecule has 5 heteroatoms. The Hall–Kier alpha value is -1.88. The Kier molecular flexibility index (Phi) is 4.43. The largest absolute Gasteiger partial charge is 0.367 e. The Morgan fingerprint density at radius 3 is 2.59 bits per heavy atom. The number of aryl methyl sites for hydroxylation is 1. The smallest absolute Gasteiger partial charge is 0.255 e. The highest BCUT2D eigenvalue weighted by atomic mass is 79.9. The van der Waals surface area contributed by atoms with Gasteiger partial charge in [0.25, 0.3) is 5.91 Å². The van der Waals surface area contributed by atoms with Crippen molar-refractivity contribution in [3.05, 3.63) is 58.3 Å². The fourth-order valence-corrected chi connectivity index (χ4v) is 3.43. The molecule has 4 nitrogen and oxygen atoms in total. The molecule has 0 spiro atoms. The Bertz CT molecular complexity index is 667. The van der Waals surface area contributed by atoms with Crippen molar-refractivity contribution in [2.24, 2.45) is 0 Å². The highest BCUT2D eigenvalue weighted by molar-refractivity contribution is 9.10. The van der Waals surface area contributed by atoms with Gasteiger partial charge in [0.15, 0.2) is 0 Å². The molecule has 0 radical (unpaired) electrons. The first-order valence-electron chi connectivity index (χ1n) is 7.35. The van der Waals surface area contributed by atoms with Crippen molar-refractivity contribution < 1.29 is 4.79 Å². The maximum atomic E-state index is 12.4. The zero-order valence-electron chi connectivity index (χ0n) is 12.5. The van der Waals surface area contributed by atoms with E-state index in [9.17, 15) is 4.79 Å². The van der Waals surface area contributed by atoms with Crippen molar-refractivity contribution in [1.29, 1.82) is 0 Å². The number of halogens is 1. The lowest BCUT2D eigenvalue weighted by Gasteiger charge is -2.36. The highest BCUT2D eigenvalue weighted by Gasteiger charge is 2.23. The lowest BCUT2D eigenvalue weighted by Crippen LogP contribution is -2.48. The van der Waals surface area contributed by atoms with Crippen molar-refractivity contribution >= 4 is 27.5 Å². The fraction of sp³-hybridized carbons (Fsp3) is 0.294. The van der Waals surface area contributed by atoms with Crippen molar-refractivity contribution in [3.8, 4) is 0 Å². The van der Waals surface area contributed by atoms with Crippen LogP contribution in [-0.4, -0.2) is 42.0 Å². The summed E-state index contributed by atoms with van der Waals surface area (Å²) in [6.45, 7) is 5.22. The molecule has 2 aromatic rings. The maximum absolute atomic E-state index is 12.4. The first kappa shape index (κ1) is 15.0. The Morgan fingerprint density at radius 1 is 1.18 bits per heavy atom. The molecule has 22 heavy (non-hydrogen) atoms. The number of nitrogens with zero attached hydrogens (tertiary/aromatic N) is 3. The molecule has 2 heterocycles. The zero-order valence-corrected chi connectivity index (χ0v) is 14.1. The molecule has 114 valence electrons. The normalized spacial score (nSPS) is 15.0. The summed E-state index contributed by atoms with van der Waals surface area (Å²) < 4.78 is 1.11. The average Bonchev–Trinajstić information content (AvgIpc) is 2.55. The number of hydrogen-bond donors (Lipinski definition) is 0. The first-order valence-corrected chi connectivity index (χ1v) is 8.15. The number of carbonyl (C=O) groups excluding carboxylic acids is 1.